The second kappa shape index (κ2) is 9.61. The van der Waals surface area contributed by atoms with Crippen LogP contribution in [0.2, 0.25) is 0 Å². The maximum absolute atomic E-state index is 14.5. The van der Waals surface area contributed by atoms with E-state index in [1.807, 2.05) is 0 Å². The Labute approximate surface area is 198 Å². The Hall–Kier alpha value is -4.15. The van der Waals surface area contributed by atoms with Crippen LogP contribution in [0.4, 0.5) is 14.6 Å². The monoisotopic (exact) mass is 480 g/mol. The number of carboxylic acid groups (broad SMARTS) is 1. The Morgan fingerprint density at radius 3 is 2.80 bits per heavy atom. The van der Waals surface area contributed by atoms with E-state index < -0.39 is 17.7 Å². The molecule has 2 N–H and O–H groups in total. The summed E-state index contributed by atoms with van der Waals surface area (Å²) in [5.41, 5.74) is 1.81. The highest BCUT2D eigenvalue weighted by Gasteiger charge is 2.32. The van der Waals surface area contributed by atoms with Crippen LogP contribution in [0.1, 0.15) is 24.8 Å². The number of carboxylic acids is 1. The molecule has 9 nitrogen and oxygen atoms in total. The van der Waals surface area contributed by atoms with Gasteiger partial charge in [-0.25, -0.2) is 18.7 Å². The average Bonchev–Trinajstić information content (AvgIpc) is 3.61. The van der Waals surface area contributed by atoms with Gasteiger partial charge in [-0.1, -0.05) is 29.8 Å². The number of hydrogen-bond acceptors (Lipinski definition) is 7. The Balaban J connectivity index is 1.43. The van der Waals surface area contributed by atoms with Gasteiger partial charge in [-0.2, -0.15) is 5.10 Å². The highest BCUT2D eigenvalue weighted by molar-refractivity contribution is 5.71. The number of halogens is 2. The lowest BCUT2D eigenvalue weighted by Gasteiger charge is -2.17. The summed E-state index contributed by atoms with van der Waals surface area (Å²) >= 11 is 0. The van der Waals surface area contributed by atoms with Crippen LogP contribution in [0.15, 0.2) is 53.4 Å². The van der Waals surface area contributed by atoms with Gasteiger partial charge in [0, 0.05) is 18.2 Å². The summed E-state index contributed by atoms with van der Waals surface area (Å²) in [6.45, 7) is 0.412. The van der Waals surface area contributed by atoms with Gasteiger partial charge in [-0.05, 0) is 30.9 Å². The fraction of sp³-hybridized carbons (Fsp3) is 0.292. The van der Waals surface area contributed by atoms with Crippen molar-refractivity contribution >= 4 is 11.8 Å². The number of nitrogens with one attached hydrogen (secondary N) is 1. The normalized spacial score (nSPS) is 17.5. The summed E-state index contributed by atoms with van der Waals surface area (Å²) in [6, 6.07) is 9.70. The van der Waals surface area contributed by atoms with Crippen LogP contribution in [-0.4, -0.2) is 42.5 Å². The first kappa shape index (κ1) is 22.6. The summed E-state index contributed by atoms with van der Waals surface area (Å²) in [5, 5.41) is 20.8. The first-order chi connectivity index (χ1) is 17.0. The number of benzene rings is 1. The lowest BCUT2D eigenvalue weighted by atomic mass is 9.96. The van der Waals surface area contributed by atoms with Crippen molar-refractivity contribution in [3.05, 3.63) is 66.1 Å². The zero-order valence-corrected chi connectivity index (χ0v) is 18.6. The number of anilines is 1. The molecule has 11 heteroatoms. The fourth-order valence-corrected chi connectivity index (χ4v) is 4.43. The molecule has 35 heavy (non-hydrogen) atoms. The molecule has 1 unspecified atom stereocenters. The van der Waals surface area contributed by atoms with Crippen molar-refractivity contribution in [3.8, 4) is 22.9 Å². The standard InChI is InChI=1S/C24H22F2N6O3/c25-17-7-2-1-4-15(17)13-32-21(19-8-9-35-31-19)10-20(30-32)23-28-12-18(26)22(29-23)27-11-14-5-3-6-16(14)24(33)34/h1-2,4,7-10,12,14,16H,3,5-6,11,13H2,(H,33,34)(H,27,28,29)/t14?,16-/m0/s1. The molecule has 0 amide bonds. The van der Waals surface area contributed by atoms with E-state index in [2.05, 4.69) is 25.5 Å². The lowest BCUT2D eigenvalue weighted by molar-refractivity contribution is -0.142. The Morgan fingerprint density at radius 1 is 1.17 bits per heavy atom. The number of aliphatic carboxylic acids is 1. The van der Waals surface area contributed by atoms with E-state index in [1.54, 1.807) is 35.0 Å². The van der Waals surface area contributed by atoms with E-state index in [9.17, 15) is 18.7 Å². The van der Waals surface area contributed by atoms with Crippen LogP contribution in [0.3, 0.4) is 0 Å². The third-order valence-electron chi connectivity index (χ3n) is 6.24. The van der Waals surface area contributed by atoms with Crippen LogP contribution < -0.4 is 5.32 Å². The second-order valence-electron chi connectivity index (χ2n) is 8.46. The first-order valence-electron chi connectivity index (χ1n) is 11.2. The molecule has 5 rings (SSSR count). The molecule has 3 heterocycles. The van der Waals surface area contributed by atoms with Gasteiger partial charge in [0.2, 0.25) is 0 Å². The molecular weight excluding hydrogens is 458 g/mol. The minimum atomic E-state index is -0.834. The highest BCUT2D eigenvalue weighted by atomic mass is 19.1. The van der Waals surface area contributed by atoms with E-state index in [0.29, 0.717) is 29.1 Å². The molecule has 1 aromatic carbocycles. The Kier molecular flexibility index (Phi) is 6.21. The molecule has 1 aliphatic rings. The van der Waals surface area contributed by atoms with Gasteiger partial charge in [-0.15, -0.1) is 0 Å². The Bertz CT molecular complexity index is 1340. The maximum atomic E-state index is 14.5. The minimum absolute atomic E-state index is 0.0299. The largest absolute Gasteiger partial charge is 0.481 e. The molecule has 0 aliphatic heterocycles. The summed E-state index contributed by atoms with van der Waals surface area (Å²) in [5.74, 6) is -2.29. The van der Waals surface area contributed by atoms with Crippen LogP contribution in [0, 0.1) is 23.5 Å². The van der Waals surface area contributed by atoms with Crippen LogP contribution >= 0.6 is 0 Å². The van der Waals surface area contributed by atoms with E-state index >= 15 is 0 Å². The number of nitrogens with zero attached hydrogens (tertiary/aromatic N) is 5. The quantitative estimate of drug-likeness (QED) is 0.385. The molecule has 4 aromatic rings. The average molecular weight is 480 g/mol. The molecule has 2 atom stereocenters. The summed E-state index contributed by atoms with van der Waals surface area (Å²) in [4.78, 5) is 19.8. The number of aromatic nitrogens is 5. The van der Waals surface area contributed by atoms with Crippen molar-refractivity contribution in [3.63, 3.8) is 0 Å². The summed E-state index contributed by atoms with van der Waals surface area (Å²) in [7, 11) is 0. The van der Waals surface area contributed by atoms with Crippen molar-refractivity contribution in [2.45, 2.75) is 25.8 Å². The molecule has 180 valence electrons. The van der Waals surface area contributed by atoms with Crippen molar-refractivity contribution in [2.75, 3.05) is 11.9 Å². The van der Waals surface area contributed by atoms with Gasteiger partial charge in [0.15, 0.2) is 17.5 Å². The number of hydrogen-bond donors (Lipinski definition) is 2. The second-order valence-corrected chi connectivity index (χ2v) is 8.46. The molecule has 0 bridgehead atoms. The predicted molar refractivity (Wildman–Crippen MR) is 121 cm³/mol. The SMILES string of the molecule is O=C(O)[C@H]1CCCC1CNc1nc(-c2cc(-c3ccon3)n(Cc3ccccc3F)n2)ncc1F. The van der Waals surface area contributed by atoms with E-state index in [4.69, 9.17) is 4.52 Å². The van der Waals surface area contributed by atoms with E-state index in [0.717, 1.165) is 19.0 Å². The van der Waals surface area contributed by atoms with Crippen LogP contribution in [0.25, 0.3) is 22.9 Å². The Morgan fingerprint density at radius 2 is 2.03 bits per heavy atom. The molecule has 1 saturated carbocycles. The molecule has 1 aliphatic carbocycles. The summed E-state index contributed by atoms with van der Waals surface area (Å²) < 4.78 is 35.3. The van der Waals surface area contributed by atoms with Crippen molar-refractivity contribution in [1.29, 1.82) is 0 Å². The number of carbonyl (C=O) groups is 1. The van der Waals surface area contributed by atoms with Crippen LogP contribution in [-0.2, 0) is 11.3 Å². The molecule has 0 radical (unpaired) electrons. The predicted octanol–water partition coefficient (Wildman–Crippen LogP) is 4.23. The summed E-state index contributed by atoms with van der Waals surface area (Å²) in [6.07, 6.45) is 4.65. The molecule has 1 fully saturated rings. The first-order valence-corrected chi connectivity index (χ1v) is 11.2. The smallest absolute Gasteiger partial charge is 0.306 e. The third-order valence-corrected chi connectivity index (χ3v) is 6.24. The highest BCUT2D eigenvalue weighted by Crippen LogP contribution is 2.32. The van der Waals surface area contributed by atoms with Gasteiger partial charge >= 0.3 is 5.97 Å². The van der Waals surface area contributed by atoms with E-state index in [1.165, 1.54) is 12.3 Å². The van der Waals surface area contributed by atoms with Crippen LogP contribution in [0.5, 0.6) is 0 Å². The molecular formula is C24H22F2N6O3. The van der Waals surface area contributed by atoms with E-state index in [-0.39, 0.29) is 36.5 Å². The lowest BCUT2D eigenvalue weighted by Crippen LogP contribution is -2.25. The van der Waals surface area contributed by atoms with Crippen molar-refractivity contribution in [2.24, 2.45) is 11.8 Å². The minimum Gasteiger partial charge on any atom is -0.481 e. The van der Waals surface area contributed by atoms with Crippen molar-refractivity contribution < 1.29 is 23.2 Å². The maximum Gasteiger partial charge on any atom is 0.306 e. The zero-order valence-electron chi connectivity index (χ0n) is 18.6. The third kappa shape index (κ3) is 4.75. The van der Waals surface area contributed by atoms with Gasteiger partial charge in [0.25, 0.3) is 0 Å². The van der Waals surface area contributed by atoms with Gasteiger partial charge in [0.05, 0.1) is 24.4 Å². The topological polar surface area (TPSA) is 119 Å². The van der Waals surface area contributed by atoms with Gasteiger partial charge < -0.3 is 14.9 Å². The van der Waals surface area contributed by atoms with Crippen molar-refractivity contribution in [1.82, 2.24) is 24.9 Å². The molecule has 3 aromatic heterocycles. The fourth-order valence-electron chi connectivity index (χ4n) is 4.43. The molecule has 0 saturated heterocycles. The van der Waals surface area contributed by atoms with Gasteiger partial charge in [-0.3, -0.25) is 9.48 Å². The zero-order chi connectivity index (χ0) is 24.4. The number of rotatable bonds is 8. The molecule has 0 spiro atoms. The van der Waals surface area contributed by atoms with Gasteiger partial charge in [0.1, 0.15) is 23.5 Å².